The van der Waals surface area contributed by atoms with Gasteiger partial charge in [0.05, 0.1) is 0 Å². The van der Waals surface area contributed by atoms with Crippen LogP contribution in [0.1, 0.15) is 24.8 Å². The van der Waals surface area contributed by atoms with E-state index in [4.69, 9.17) is 6.42 Å². The first-order valence-corrected chi connectivity index (χ1v) is 6.96. The molecule has 2 amide bonds. The van der Waals surface area contributed by atoms with E-state index in [1.54, 1.807) is 12.1 Å². The minimum atomic E-state index is -0.992. The summed E-state index contributed by atoms with van der Waals surface area (Å²) in [6.45, 7) is 0.492. The van der Waals surface area contributed by atoms with Gasteiger partial charge in [0.25, 0.3) is 0 Å². The molecular formula is C16H18N2O3. The Hall–Kier alpha value is -2.48. The van der Waals surface area contributed by atoms with Crippen molar-refractivity contribution in [3.63, 3.8) is 0 Å². The molecule has 0 fully saturated rings. The number of hydrogen-bond donors (Lipinski definition) is 2. The van der Waals surface area contributed by atoms with Crippen LogP contribution in [0.15, 0.2) is 24.3 Å². The molecule has 5 nitrogen and oxygen atoms in total. The summed E-state index contributed by atoms with van der Waals surface area (Å²) in [6, 6.07) is 6.07. The number of urea groups is 1. The average molecular weight is 286 g/mol. The summed E-state index contributed by atoms with van der Waals surface area (Å²) in [5.41, 5.74) is 1.55. The van der Waals surface area contributed by atoms with Gasteiger partial charge in [-0.05, 0) is 24.5 Å². The molecule has 0 aliphatic carbocycles. The predicted molar refractivity (Wildman–Crippen MR) is 80.1 cm³/mol. The van der Waals surface area contributed by atoms with Crippen LogP contribution in [0.4, 0.5) is 10.5 Å². The minimum absolute atomic E-state index is 0.343. The number of fused-ring (bicyclic) bond motifs is 1. The van der Waals surface area contributed by atoms with Gasteiger partial charge in [0.1, 0.15) is 6.04 Å². The Morgan fingerprint density at radius 2 is 2.14 bits per heavy atom. The zero-order valence-electron chi connectivity index (χ0n) is 11.7. The summed E-state index contributed by atoms with van der Waals surface area (Å²) in [5.74, 6) is 1.55. The molecule has 1 unspecified atom stereocenters. The van der Waals surface area contributed by atoms with Gasteiger partial charge in [-0.2, -0.15) is 0 Å². The number of benzene rings is 1. The molecule has 0 bridgehead atoms. The van der Waals surface area contributed by atoms with Crippen molar-refractivity contribution >= 4 is 17.7 Å². The number of nitrogens with one attached hydrogen (secondary N) is 1. The van der Waals surface area contributed by atoms with E-state index < -0.39 is 12.0 Å². The van der Waals surface area contributed by atoms with E-state index in [1.165, 1.54) is 4.90 Å². The fourth-order valence-electron chi connectivity index (χ4n) is 2.47. The fraction of sp³-hybridized carbons (Fsp3) is 0.375. The molecule has 1 aliphatic rings. The van der Waals surface area contributed by atoms with E-state index in [0.717, 1.165) is 18.4 Å². The monoisotopic (exact) mass is 286 g/mol. The number of carboxylic acid groups (broad SMARTS) is 1. The normalized spacial score (nSPS) is 16.1. The Morgan fingerprint density at radius 3 is 2.86 bits per heavy atom. The summed E-state index contributed by atoms with van der Waals surface area (Å²) in [6.07, 6.45) is 7.81. The van der Waals surface area contributed by atoms with Gasteiger partial charge in [-0.25, -0.2) is 9.59 Å². The molecule has 2 N–H and O–H groups in total. The first kappa shape index (κ1) is 14.9. The highest BCUT2D eigenvalue weighted by atomic mass is 16.4. The van der Waals surface area contributed by atoms with E-state index in [9.17, 15) is 14.7 Å². The van der Waals surface area contributed by atoms with Gasteiger partial charge in [0.15, 0.2) is 0 Å². The lowest BCUT2D eigenvalue weighted by Crippen LogP contribution is -2.48. The zero-order valence-corrected chi connectivity index (χ0v) is 11.7. The van der Waals surface area contributed by atoms with Crippen LogP contribution in [-0.2, 0) is 11.2 Å². The molecule has 0 radical (unpaired) electrons. The number of unbranched alkanes of at least 4 members (excludes halogenated alkanes) is 2. The molecule has 0 aromatic heterocycles. The van der Waals surface area contributed by atoms with Gasteiger partial charge in [-0.1, -0.05) is 18.2 Å². The van der Waals surface area contributed by atoms with E-state index in [-0.39, 0.29) is 6.03 Å². The van der Waals surface area contributed by atoms with E-state index >= 15 is 0 Å². The quantitative estimate of drug-likeness (QED) is 0.642. The van der Waals surface area contributed by atoms with Crippen molar-refractivity contribution in [3.8, 4) is 12.3 Å². The van der Waals surface area contributed by atoms with Crippen LogP contribution in [0.25, 0.3) is 0 Å². The molecule has 0 saturated carbocycles. The van der Waals surface area contributed by atoms with Crippen molar-refractivity contribution in [1.82, 2.24) is 5.32 Å². The largest absolute Gasteiger partial charge is 0.480 e. The number of hydrogen-bond acceptors (Lipinski definition) is 2. The number of carbonyl (C=O) groups excluding carboxylic acids is 1. The minimum Gasteiger partial charge on any atom is -0.480 e. The Balaban J connectivity index is 2.03. The standard InChI is InChI=1S/C16H18N2O3/c1-2-3-4-7-10-17-16(21)18-13-9-6-5-8-12(13)11-14(18)15(19)20/h1,5-6,8-9,14H,3-4,7,10-11H2,(H,17,21)(H,19,20). The molecule has 110 valence electrons. The number of terminal acetylenes is 1. The maximum absolute atomic E-state index is 12.3. The van der Waals surface area contributed by atoms with Crippen LogP contribution in [0, 0.1) is 12.3 Å². The summed E-state index contributed by atoms with van der Waals surface area (Å²) >= 11 is 0. The maximum Gasteiger partial charge on any atom is 0.327 e. The number of carboxylic acids is 1. The second kappa shape index (κ2) is 6.80. The highest BCUT2D eigenvalue weighted by Gasteiger charge is 2.38. The van der Waals surface area contributed by atoms with Crippen LogP contribution in [0.5, 0.6) is 0 Å². The third-order valence-electron chi connectivity index (χ3n) is 3.50. The van der Waals surface area contributed by atoms with Crippen LogP contribution in [0.2, 0.25) is 0 Å². The first-order valence-electron chi connectivity index (χ1n) is 6.96. The number of rotatable bonds is 5. The maximum atomic E-state index is 12.3. The summed E-state index contributed by atoms with van der Waals surface area (Å²) in [4.78, 5) is 25.0. The van der Waals surface area contributed by atoms with E-state index in [1.807, 2.05) is 12.1 Å². The Bertz CT molecular complexity index is 577. The number of aliphatic carboxylic acids is 1. The van der Waals surface area contributed by atoms with Crippen molar-refractivity contribution in [2.45, 2.75) is 31.7 Å². The van der Waals surface area contributed by atoms with Gasteiger partial charge >= 0.3 is 12.0 Å². The molecule has 5 heteroatoms. The van der Waals surface area contributed by atoms with Gasteiger partial charge in [-0.15, -0.1) is 12.3 Å². The highest BCUT2D eigenvalue weighted by molar-refractivity contribution is 6.01. The van der Waals surface area contributed by atoms with Crippen LogP contribution < -0.4 is 10.2 Å². The lowest BCUT2D eigenvalue weighted by atomic mass is 10.1. The van der Waals surface area contributed by atoms with E-state index in [0.29, 0.717) is 25.1 Å². The molecule has 0 spiro atoms. The number of nitrogens with zero attached hydrogens (tertiary/aromatic N) is 1. The molecule has 21 heavy (non-hydrogen) atoms. The third kappa shape index (κ3) is 3.34. The van der Waals surface area contributed by atoms with Crippen molar-refractivity contribution in [3.05, 3.63) is 29.8 Å². The number of carbonyl (C=O) groups is 2. The van der Waals surface area contributed by atoms with Crippen LogP contribution in [0.3, 0.4) is 0 Å². The lowest BCUT2D eigenvalue weighted by Gasteiger charge is -2.23. The van der Waals surface area contributed by atoms with Crippen LogP contribution >= 0.6 is 0 Å². The molecule has 1 heterocycles. The molecule has 1 aromatic carbocycles. The summed E-state index contributed by atoms with van der Waals surface area (Å²) < 4.78 is 0. The second-order valence-electron chi connectivity index (χ2n) is 4.95. The van der Waals surface area contributed by atoms with Crippen molar-refractivity contribution in [2.75, 3.05) is 11.4 Å². The Labute approximate surface area is 124 Å². The van der Waals surface area contributed by atoms with Crippen LogP contribution in [-0.4, -0.2) is 29.7 Å². The smallest absolute Gasteiger partial charge is 0.327 e. The summed E-state index contributed by atoms with van der Waals surface area (Å²) in [5, 5.41) is 12.1. The van der Waals surface area contributed by atoms with Crippen molar-refractivity contribution < 1.29 is 14.7 Å². The van der Waals surface area contributed by atoms with Crippen molar-refractivity contribution in [2.24, 2.45) is 0 Å². The third-order valence-corrected chi connectivity index (χ3v) is 3.50. The van der Waals surface area contributed by atoms with Gasteiger partial charge < -0.3 is 10.4 Å². The SMILES string of the molecule is C#CCCCCNC(=O)N1c2ccccc2CC1C(=O)O. The molecule has 1 atom stereocenters. The van der Waals surface area contributed by atoms with E-state index in [2.05, 4.69) is 11.2 Å². The second-order valence-corrected chi connectivity index (χ2v) is 4.95. The van der Waals surface area contributed by atoms with Gasteiger partial charge in [0, 0.05) is 25.1 Å². The molecule has 2 rings (SSSR count). The first-order chi connectivity index (χ1) is 10.1. The van der Waals surface area contributed by atoms with Gasteiger partial charge in [0.2, 0.25) is 0 Å². The molecular weight excluding hydrogens is 268 g/mol. The van der Waals surface area contributed by atoms with Gasteiger partial charge in [-0.3, -0.25) is 4.90 Å². The number of para-hydroxylation sites is 1. The fourth-order valence-corrected chi connectivity index (χ4v) is 2.47. The lowest BCUT2D eigenvalue weighted by molar-refractivity contribution is -0.138. The number of anilines is 1. The zero-order chi connectivity index (χ0) is 15.2. The summed E-state index contributed by atoms with van der Waals surface area (Å²) in [7, 11) is 0. The molecule has 1 aromatic rings. The molecule has 0 saturated heterocycles. The number of amides is 2. The Kier molecular flexibility index (Phi) is 4.83. The predicted octanol–water partition coefficient (Wildman–Crippen LogP) is 2.02. The molecule has 1 aliphatic heterocycles. The van der Waals surface area contributed by atoms with Crippen molar-refractivity contribution in [1.29, 1.82) is 0 Å². The highest BCUT2D eigenvalue weighted by Crippen LogP contribution is 2.32. The topological polar surface area (TPSA) is 69.6 Å². The Morgan fingerprint density at radius 1 is 1.38 bits per heavy atom. The average Bonchev–Trinajstić information content (AvgIpc) is 2.86.